The molecule has 0 spiro atoms. The minimum Gasteiger partial charge on any atom is -0.454 e. The number of aromatic nitrogens is 1. The van der Waals surface area contributed by atoms with Crippen molar-refractivity contribution in [2.75, 3.05) is 13.3 Å². The molecule has 1 saturated heterocycles. The molecule has 0 radical (unpaired) electrons. The zero-order valence-electron chi connectivity index (χ0n) is 16.1. The van der Waals surface area contributed by atoms with Gasteiger partial charge in [0.2, 0.25) is 11.9 Å². The van der Waals surface area contributed by atoms with Crippen LogP contribution >= 0.6 is 23.1 Å². The Morgan fingerprint density at radius 2 is 2.00 bits per heavy atom. The maximum Gasteiger partial charge on any atom is 0.266 e. The van der Waals surface area contributed by atoms with E-state index in [1.54, 1.807) is 4.90 Å². The van der Waals surface area contributed by atoms with Crippen LogP contribution in [0.25, 0.3) is 17.3 Å². The highest BCUT2D eigenvalue weighted by Gasteiger charge is 2.32. The number of amides is 1. The van der Waals surface area contributed by atoms with Crippen molar-refractivity contribution in [3.05, 3.63) is 64.4 Å². The lowest BCUT2D eigenvalue weighted by molar-refractivity contribution is -0.122. The molecule has 5 rings (SSSR count). The molecule has 0 N–H and O–H groups in total. The maximum atomic E-state index is 12.9. The fraction of sp³-hybridized carbons (Fsp3) is 0.136. The van der Waals surface area contributed by atoms with Gasteiger partial charge in [0.1, 0.15) is 0 Å². The first kappa shape index (κ1) is 18.9. The van der Waals surface area contributed by atoms with Crippen LogP contribution < -0.4 is 9.47 Å². The summed E-state index contributed by atoms with van der Waals surface area (Å²) in [6, 6.07) is 15.6. The summed E-state index contributed by atoms with van der Waals surface area (Å²) in [5.41, 5.74) is 2.81. The monoisotopic (exact) mass is 435 g/mol. The molecule has 0 saturated carbocycles. The number of aliphatic imine (C=N–C) groups is 1. The van der Waals surface area contributed by atoms with E-state index in [0.29, 0.717) is 27.5 Å². The fourth-order valence-corrected chi connectivity index (χ4v) is 4.96. The summed E-state index contributed by atoms with van der Waals surface area (Å²) in [6.45, 7) is 2.71. The van der Waals surface area contributed by atoms with Gasteiger partial charge in [-0.15, -0.1) is 11.3 Å². The number of nitrogens with zero attached hydrogens (tertiary/aromatic N) is 3. The van der Waals surface area contributed by atoms with E-state index in [4.69, 9.17) is 9.47 Å². The Morgan fingerprint density at radius 3 is 2.83 bits per heavy atom. The zero-order chi connectivity index (χ0) is 20.5. The lowest BCUT2D eigenvalue weighted by Crippen LogP contribution is -2.28. The molecule has 3 aromatic rings. The van der Waals surface area contributed by atoms with Crippen molar-refractivity contribution in [3.8, 4) is 22.8 Å². The van der Waals surface area contributed by atoms with Gasteiger partial charge in [-0.05, 0) is 42.5 Å². The van der Waals surface area contributed by atoms with E-state index in [1.807, 2.05) is 66.9 Å². The first-order valence-corrected chi connectivity index (χ1v) is 11.1. The number of rotatable bonds is 4. The normalized spacial score (nSPS) is 18.0. The van der Waals surface area contributed by atoms with E-state index in [2.05, 4.69) is 9.98 Å². The molecule has 1 aromatic heterocycles. The van der Waals surface area contributed by atoms with E-state index >= 15 is 0 Å². The summed E-state index contributed by atoms with van der Waals surface area (Å²) in [5, 5.41) is 3.26. The van der Waals surface area contributed by atoms with Crippen LogP contribution in [0.15, 0.2) is 63.8 Å². The van der Waals surface area contributed by atoms with Crippen molar-refractivity contribution in [2.45, 2.75) is 6.92 Å². The Morgan fingerprint density at radius 1 is 1.17 bits per heavy atom. The van der Waals surface area contributed by atoms with Crippen LogP contribution in [0.2, 0.25) is 0 Å². The maximum absolute atomic E-state index is 12.9. The van der Waals surface area contributed by atoms with Crippen LogP contribution in [0, 0.1) is 0 Å². The molecule has 30 heavy (non-hydrogen) atoms. The third-order valence-corrected chi connectivity index (χ3v) is 6.39. The standard InChI is InChI=1S/C22H17N3O3S2/c1-2-25-20(26)19(11-14-8-9-17-18(10-14)28-13-27-17)30-22(25)24-21-23-16(12-29-21)15-6-4-3-5-7-15/h3-12H,2,13H2,1H3/b19-11-,24-22+. The molecule has 3 heterocycles. The number of hydrogen-bond donors (Lipinski definition) is 0. The summed E-state index contributed by atoms with van der Waals surface area (Å²) >= 11 is 2.83. The van der Waals surface area contributed by atoms with E-state index < -0.39 is 0 Å². The second-order valence-electron chi connectivity index (χ2n) is 6.55. The highest BCUT2D eigenvalue weighted by Crippen LogP contribution is 2.37. The number of thioether (sulfide) groups is 1. The first-order valence-electron chi connectivity index (χ1n) is 9.42. The molecule has 0 aliphatic carbocycles. The van der Waals surface area contributed by atoms with Gasteiger partial charge in [0.25, 0.3) is 5.91 Å². The summed E-state index contributed by atoms with van der Waals surface area (Å²) in [7, 11) is 0. The molecule has 0 unspecified atom stereocenters. The summed E-state index contributed by atoms with van der Waals surface area (Å²) in [6.07, 6.45) is 1.86. The summed E-state index contributed by atoms with van der Waals surface area (Å²) in [4.78, 5) is 24.5. The van der Waals surface area contributed by atoms with Crippen molar-refractivity contribution in [1.29, 1.82) is 0 Å². The van der Waals surface area contributed by atoms with Gasteiger partial charge >= 0.3 is 0 Å². The lowest BCUT2D eigenvalue weighted by Gasteiger charge is -2.11. The summed E-state index contributed by atoms with van der Waals surface area (Å²) < 4.78 is 10.8. The van der Waals surface area contributed by atoms with Gasteiger partial charge in [0.05, 0.1) is 10.6 Å². The third-order valence-electron chi connectivity index (χ3n) is 4.65. The minimum atomic E-state index is -0.0567. The molecule has 150 valence electrons. The number of fused-ring (bicyclic) bond motifs is 1. The number of likely N-dealkylation sites (N-methyl/N-ethyl adjacent to an activating group) is 1. The third kappa shape index (κ3) is 3.59. The van der Waals surface area contributed by atoms with Gasteiger partial charge in [-0.1, -0.05) is 36.4 Å². The number of hydrogen-bond acceptors (Lipinski definition) is 7. The van der Waals surface area contributed by atoms with Gasteiger partial charge in [-0.2, -0.15) is 4.99 Å². The minimum absolute atomic E-state index is 0.0567. The van der Waals surface area contributed by atoms with Crippen molar-refractivity contribution in [3.63, 3.8) is 0 Å². The first-order chi connectivity index (χ1) is 14.7. The van der Waals surface area contributed by atoms with Crippen LogP contribution in [0.5, 0.6) is 11.5 Å². The van der Waals surface area contributed by atoms with Crippen LogP contribution in [-0.2, 0) is 4.79 Å². The second kappa shape index (κ2) is 7.97. The van der Waals surface area contributed by atoms with Crippen LogP contribution in [0.1, 0.15) is 12.5 Å². The van der Waals surface area contributed by atoms with Gasteiger partial charge in [-0.25, -0.2) is 4.98 Å². The molecule has 8 heteroatoms. The van der Waals surface area contributed by atoms with Crippen molar-refractivity contribution >= 4 is 45.4 Å². The molecule has 2 aliphatic rings. The predicted molar refractivity (Wildman–Crippen MR) is 120 cm³/mol. The number of ether oxygens (including phenoxy) is 2. The second-order valence-corrected chi connectivity index (χ2v) is 8.39. The molecule has 2 aromatic carbocycles. The molecular formula is C22H17N3O3S2. The molecule has 0 bridgehead atoms. The van der Waals surface area contributed by atoms with E-state index in [9.17, 15) is 4.79 Å². The average molecular weight is 436 g/mol. The van der Waals surface area contributed by atoms with E-state index in [1.165, 1.54) is 23.1 Å². The Labute approximate surface area is 181 Å². The van der Waals surface area contributed by atoms with Gasteiger partial charge in [-0.3, -0.25) is 9.69 Å². The summed E-state index contributed by atoms with van der Waals surface area (Å²) in [5.74, 6) is 1.36. The molecule has 2 aliphatic heterocycles. The predicted octanol–water partition coefficient (Wildman–Crippen LogP) is 5.16. The van der Waals surface area contributed by atoms with Crippen LogP contribution in [0.4, 0.5) is 5.13 Å². The van der Waals surface area contributed by atoms with E-state index in [-0.39, 0.29) is 12.7 Å². The molecule has 1 amide bonds. The van der Waals surface area contributed by atoms with Crippen molar-refractivity contribution < 1.29 is 14.3 Å². The smallest absolute Gasteiger partial charge is 0.266 e. The Balaban J connectivity index is 1.42. The SMILES string of the molecule is CCN1C(=O)/C(=C/c2ccc3c(c2)OCO3)S/C1=N/c1nc(-c2ccccc2)cs1. The van der Waals surface area contributed by atoms with Crippen LogP contribution in [0.3, 0.4) is 0 Å². The Hall–Kier alpha value is -3.10. The van der Waals surface area contributed by atoms with Gasteiger partial charge in [0, 0.05) is 17.5 Å². The molecular weight excluding hydrogens is 418 g/mol. The van der Waals surface area contributed by atoms with Crippen LogP contribution in [-0.4, -0.2) is 34.3 Å². The van der Waals surface area contributed by atoms with Gasteiger partial charge in [0.15, 0.2) is 16.7 Å². The lowest BCUT2D eigenvalue weighted by atomic mass is 10.2. The number of carbonyl (C=O) groups is 1. The highest BCUT2D eigenvalue weighted by molar-refractivity contribution is 8.18. The average Bonchev–Trinajstić information content (AvgIpc) is 3.49. The Kier molecular flexibility index (Phi) is 5.02. The molecule has 6 nitrogen and oxygen atoms in total. The zero-order valence-corrected chi connectivity index (χ0v) is 17.7. The largest absolute Gasteiger partial charge is 0.454 e. The molecule has 0 atom stereocenters. The number of benzene rings is 2. The number of amidine groups is 1. The van der Waals surface area contributed by atoms with Gasteiger partial charge < -0.3 is 9.47 Å². The highest BCUT2D eigenvalue weighted by atomic mass is 32.2. The topological polar surface area (TPSA) is 64.0 Å². The number of carbonyl (C=O) groups excluding carboxylic acids is 1. The van der Waals surface area contributed by atoms with Crippen molar-refractivity contribution in [1.82, 2.24) is 9.88 Å². The number of thiazole rings is 1. The molecule has 1 fully saturated rings. The van der Waals surface area contributed by atoms with Crippen molar-refractivity contribution in [2.24, 2.45) is 4.99 Å². The Bertz CT molecular complexity index is 1170. The van der Waals surface area contributed by atoms with E-state index in [0.717, 1.165) is 22.6 Å². The fourth-order valence-electron chi connectivity index (χ4n) is 3.16. The quantitative estimate of drug-likeness (QED) is 0.530.